The van der Waals surface area contributed by atoms with Crippen molar-refractivity contribution >= 4 is 45.0 Å². The van der Waals surface area contributed by atoms with Gasteiger partial charge in [0.2, 0.25) is 0 Å². The van der Waals surface area contributed by atoms with Gasteiger partial charge in [-0.05, 0) is 63.6 Å². The first-order chi connectivity index (χ1) is 19.7. The van der Waals surface area contributed by atoms with Crippen molar-refractivity contribution in [3.05, 3.63) is 76.9 Å². The van der Waals surface area contributed by atoms with Crippen LogP contribution in [0.3, 0.4) is 0 Å². The van der Waals surface area contributed by atoms with E-state index in [0.717, 1.165) is 24.3 Å². The van der Waals surface area contributed by atoms with E-state index >= 15 is 0 Å². The number of hydrogen-bond donors (Lipinski definition) is 0. The Kier molecular flexibility index (Phi) is 9.60. The molecule has 2 aromatic carbocycles. The number of aromatic nitrogens is 1. The molecule has 0 aliphatic carbocycles. The third kappa shape index (κ3) is 5.78. The minimum absolute atomic E-state index is 0.184. The molecule has 1 aliphatic heterocycles. The molecule has 0 saturated heterocycles. The van der Waals surface area contributed by atoms with E-state index in [1.807, 2.05) is 18.2 Å². The maximum absolute atomic E-state index is 14.1. The quantitative estimate of drug-likeness (QED) is 0.302. The fourth-order valence-corrected chi connectivity index (χ4v) is 6.49. The molecule has 0 spiro atoms. The average molecular weight is 645 g/mol. The SMILES string of the molecule is CCOC(=O)C1=C(C)N=c2s/c(=C\c3ccc(N(CC)CC)cc3OC)c(=O)n2[C@@H]1c1cc(OC)c(OC)cc1Br. The van der Waals surface area contributed by atoms with E-state index in [1.54, 1.807) is 50.8 Å². The zero-order valence-electron chi connectivity index (χ0n) is 24.2. The summed E-state index contributed by atoms with van der Waals surface area (Å²) in [5.74, 6) is 1.09. The van der Waals surface area contributed by atoms with Crippen molar-refractivity contribution in [3.8, 4) is 17.2 Å². The highest BCUT2D eigenvalue weighted by Crippen LogP contribution is 2.40. The summed E-state index contributed by atoms with van der Waals surface area (Å²) in [4.78, 5) is 34.7. The standard InChI is InChI=1S/C30H34BrN3O6S/c1-8-33(9-2)19-12-11-18(22(14-19)37-5)13-25-28(35)34-27(20-15-23(38-6)24(39-7)16-21(20)31)26(29(36)40-10-3)17(4)32-30(34)41-25/h11-16,27H,8-10H2,1-7H3/b25-13-/t27-/m1/s1. The third-order valence-electron chi connectivity index (χ3n) is 6.95. The van der Waals surface area contributed by atoms with Crippen molar-refractivity contribution in [1.82, 2.24) is 4.57 Å². The van der Waals surface area contributed by atoms with Crippen LogP contribution in [0.2, 0.25) is 0 Å². The largest absolute Gasteiger partial charge is 0.496 e. The van der Waals surface area contributed by atoms with Gasteiger partial charge in [0.15, 0.2) is 16.3 Å². The lowest BCUT2D eigenvalue weighted by atomic mass is 9.95. The Morgan fingerprint density at radius 2 is 1.71 bits per heavy atom. The van der Waals surface area contributed by atoms with Crippen molar-refractivity contribution in [3.63, 3.8) is 0 Å². The molecule has 0 unspecified atom stereocenters. The van der Waals surface area contributed by atoms with Crippen LogP contribution in [-0.4, -0.2) is 51.6 Å². The van der Waals surface area contributed by atoms with Crippen LogP contribution in [0.25, 0.3) is 6.08 Å². The summed E-state index contributed by atoms with van der Waals surface area (Å²) in [6.07, 6.45) is 1.80. The lowest BCUT2D eigenvalue weighted by Gasteiger charge is -2.26. The number of rotatable bonds is 10. The fourth-order valence-electron chi connectivity index (χ4n) is 4.91. The predicted molar refractivity (Wildman–Crippen MR) is 164 cm³/mol. The monoisotopic (exact) mass is 643 g/mol. The molecule has 0 fully saturated rings. The number of methoxy groups -OCH3 is 3. The van der Waals surface area contributed by atoms with E-state index in [0.29, 0.717) is 42.3 Å². The third-order valence-corrected chi connectivity index (χ3v) is 8.62. The number of carbonyl (C=O) groups excluding carboxylic acids is 1. The number of thiazole rings is 1. The number of halogens is 1. The van der Waals surface area contributed by atoms with Crippen molar-refractivity contribution < 1.29 is 23.7 Å². The summed E-state index contributed by atoms with van der Waals surface area (Å²) in [6.45, 7) is 9.61. The fraction of sp³-hybridized carbons (Fsp3) is 0.367. The van der Waals surface area contributed by atoms with Gasteiger partial charge in [0.05, 0.1) is 49.8 Å². The molecule has 9 nitrogen and oxygen atoms in total. The van der Waals surface area contributed by atoms with Crippen molar-refractivity contribution in [1.29, 1.82) is 0 Å². The average Bonchev–Trinajstić information content (AvgIpc) is 3.27. The number of allylic oxidation sites excluding steroid dienone is 1. The van der Waals surface area contributed by atoms with Crippen LogP contribution in [0.15, 0.2) is 55.9 Å². The second kappa shape index (κ2) is 12.9. The maximum atomic E-state index is 14.1. The summed E-state index contributed by atoms with van der Waals surface area (Å²) in [7, 11) is 4.70. The highest BCUT2D eigenvalue weighted by atomic mass is 79.9. The maximum Gasteiger partial charge on any atom is 0.338 e. The second-order valence-corrected chi connectivity index (χ2v) is 11.0. The van der Waals surface area contributed by atoms with Crippen LogP contribution in [0.4, 0.5) is 5.69 Å². The summed E-state index contributed by atoms with van der Waals surface area (Å²) < 4.78 is 24.8. The molecule has 4 rings (SSSR count). The molecule has 3 aromatic rings. The van der Waals surface area contributed by atoms with E-state index in [4.69, 9.17) is 18.9 Å². The number of anilines is 1. The van der Waals surface area contributed by atoms with Crippen LogP contribution in [-0.2, 0) is 9.53 Å². The summed E-state index contributed by atoms with van der Waals surface area (Å²) in [6, 6.07) is 8.64. The predicted octanol–water partition coefficient (Wildman–Crippen LogP) is 4.43. The highest BCUT2D eigenvalue weighted by Gasteiger charge is 2.35. The smallest absolute Gasteiger partial charge is 0.338 e. The second-order valence-electron chi connectivity index (χ2n) is 9.13. The van der Waals surface area contributed by atoms with Gasteiger partial charge in [0, 0.05) is 34.9 Å². The van der Waals surface area contributed by atoms with Gasteiger partial charge in [0.1, 0.15) is 5.75 Å². The molecule has 41 heavy (non-hydrogen) atoms. The molecule has 1 aliphatic rings. The number of esters is 1. The van der Waals surface area contributed by atoms with E-state index in [1.165, 1.54) is 18.4 Å². The minimum Gasteiger partial charge on any atom is -0.496 e. The van der Waals surface area contributed by atoms with Gasteiger partial charge in [-0.15, -0.1) is 0 Å². The number of fused-ring (bicyclic) bond motifs is 1. The Morgan fingerprint density at radius 3 is 2.32 bits per heavy atom. The molecule has 0 saturated carbocycles. The van der Waals surface area contributed by atoms with Crippen LogP contribution in [0, 0.1) is 0 Å². The van der Waals surface area contributed by atoms with E-state index < -0.39 is 12.0 Å². The van der Waals surface area contributed by atoms with Crippen LogP contribution in [0.1, 0.15) is 44.9 Å². The molecular formula is C30H34BrN3O6S. The first-order valence-corrected chi connectivity index (χ1v) is 14.9. The molecular weight excluding hydrogens is 610 g/mol. The Hall–Kier alpha value is -3.57. The van der Waals surface area contributed by atoms with Gasteiger partial charge in [0.25, 0.3) is 5.56 Å². The molecule has 11 heteroatoms. The van der Waals surface area contributed by atoms with Crippen molar-refractivity contribution in [2.75, 3.05) is 45.9 Å². The molecule has 0 N–H and O–H groups in total. The number of hydrogen-bond acceptors (Lipinski definition) is 9. The Labute approximate surface area is 251 Å². The van der Waals surface area contributed by atoms with Gasteiger partial charge in [-0.25, -0.2) is 9.79 Å². The van der Waals surface area contributed by atoms with Gasteiger partial charge in [-0.3, -0.25) is 9.36 Å². The number of carbonyl (C=O) groups is 1. The lowest BCUT2D eigenvalue weighted by molar-refractivity contribution is -0.139. The summed E-state index contributed by atoms with van der Waals surface area (Å²) in [5, 5.41) is 0. The van der Waals surface area contributed by atoms with Crippen LogP contribution in [0.5, 0.6) is 17.2 Å². The minimum atomic E-state index is -0.812. The van der Waals surface area contributed by atoms with E-state index in [-0.39, 0.29) is 17.7 Å². The number of benzene rings is 2. The van der Waals surface area contributed by atoms with E-state index in [2.05, 4.69) is 39.7 Å². The van der Waals surface area contributed by atoms with Crippen LogP contribution < -0.4 is 34.0 Å². The molecule has 2 heterocycles. The highest BCUT2D eigenvalue weighted by molar-refractivity contribution is 9.10. The molecule has 1 aromatic heterocycles. The number of ether oxygens (including phenoxy) is 4. The number of nitrogens with zero attached hydrogens (tertiary/aromatic N) is 3. The van der Waals surface area contributed by atoms with Gasteiger partial charge < -0.3 is 23.8 Å². The molecule has 1 atom stereocenters. The van der Waals surface area contributed by atoms with E-state index in [9.17, 15) is 9.59 Å². The Morgan fingerprint density at radius 1 is 1.05 bits per heavy atom. The Bertz CT molecular complexity index is 1670. The van der Waals surface area contributed by atoms with Gasteiger partial charge in [-0.1, -0.05) is 27.3 Å². The van der Waals surface area contributed by atoms with Gasteiger partial charge in [-0.2, -0.15) is 0 Å². The normalized spacial score (nSPS) is 14.8. The molecule has 0 amide bonds. The first-order valence-electron chi connectivity index (χ1n) is 13.3. The molecule has 0 bridgehead atoms. The van der Waals surface area contributed by atoms with Gasteiger partial charge >= 0.3 is 5.97 Å². The van der Waals surface area contributed by atoms with Crippen molar-refractivity contribution in [2.24, 2.45) is 4.99 Å². The zero-order chi connectivity index (χ0) is 29.8. The Balaban J connectivity index is 1.97. The lowest BCUT2D eigenvalue weighted by Crippen LogP contribution is -2.40. The summed E-state index contributed by atoms with van der Waals surface area (Å²) in [5.41, 5.74) is 2.90. The summed E-state index contributed by atoms with van der Waals surface area (Å²) >= 11 is 4.88. The topological polar surface area (TPSA) is 91.6 Å². The van der Waals surface area contributed by atoms with Crippen LogP contribution >= 0.6 is 27.3 Å². The van der Waals surface area contributed by atoms with Crippen molar-refractivity contribution in [2.45, 2.75) is 33.7 Å². The molecule has 0 radical (unpaired) electrons. The first kappa shape index (κ1) is 30.4. The molecule has 218 valence electrons. The zero-order valence-corrected chi connectivity index (χ0v) is 26.6.